The van der Waals surface area contributed by atoms with Crippen molar-refractivity contribution in [2.75, 3.05) is 27.2 Å². The number of amides is 2. The lowest BCUT2D eigenvalue weighted by Crippen LogP contribution is -2.37. The summed E-state index contributed by atoms with van der Waals surface area (Å²) in [5.74, 6) is -1.83. The third-order valence-corrected chi connectivity index (χ3v) is 6.25. The van der Waals surface area contributed by atoms with E-state index in [1.54, 1.807) is 0 Å². The van der Waals surface area contributed by atoms with Gasteiger partial charge in [-0.3, -0.25) is 19.7 Å². The van der Waals surface area contributed by atoms with Crippen molar-refractivity contribution >= 4 is 28.4 Å². The molecular weight excluding hydrogens is 520 g/mol. The summed E-state index contributed by atoms with van der Waals surface area (Å²) in [6, 6.07) is 13.7. The van der Waals surface area contributed by atoms with Crippen LogP contribution in [0.15, 0.2) is 72.9 Å². The Morgan fingerprint density at radius 1 is 0.897 bits per heavy atom. The van der Waals surface area contributed by atoms with E-state index in [1.165, 1.54) is 83.2 Å². The van der Waals surface area contributed by atoms with E-state index in [4.69, 9.17) is 0 Å². The maximum Gasteiger partial charge on any atom is 0.416 e. The van der Waals surface area contributed by atoms with Crippen LogP contribution >= 0.6 is 0 Å². The Balaban J connectivity index is 1.65. The number of benzene rings is 3. The maximum absolute atomic E-state index is 14.0. The van der Waals surface area contributed by atoms with Gasteiger partial charge in [-0.2, -0.15) is 13.2 Å². The van der Waals surface area contributed by atoms with Crippen LogP contribution < -0.4 is 0 Å². The van der Waals surface area contributed by atoms with E-state index >= 15 is 0 Å². The van der Waals surface area contributed by atoms with E-state index in [9.17, 15) is 37.3 Å². The highest BCUT2D eigenvalue weighted by Crippen LogP contribution is 2.33. The number of fused-ring (bicyclic) bond motifs is 1. The quantitative estimate of drug-likeness (QED) is 0.174. The molecule has 0 saturated heterocycles. The van der Waals surface area contributed by atoms with E-state index < -0.39 is 34.3 Å². The smallest absolute Gasteiger partial charge is 0.340 e. The number of hydrogen-bond acceptors (Lipinski definition) is 4. The summed E-state index contributed by atoms with van der Waals surface area (Å²) < 4.78 is 55.3. The summed E-state index contributed by atoms with van der Waals surface area (Å²) in [5, 5.41) is 11.6. The van der Waals surface area contributed by atoms with E-state index in [2.05, 4.69) is 0 Å². The van der Waals surface area contributed by atoms with Gasteiger partial charge in [0.15, 0.2) is 0 Å². The number of alkyl halides is 3. The van der Waals surface area contributed by atoms with Gasteiger partial charge < -0.3 is 14.4 Å². The van der Waals surface area contributed by atoms with Gasteiger partial charge in [-0.1, -0.05) is 18.2 Å². The molecule has 1 aromatic heterocycles. The van der Waals surface area contributed by atoms with Crippen molar-refractivity contribution in [1.29, 1.82) is 0 Å². The van der Waals surface area contributed by atoms with E-state index in [1.807, 2.05) is 0 Å². The monoisotopic (exact) mass is 542 g/mol. The molecule has 0 aliphatic carbocycles. The van der Waals surface area contributed by atoms with Crippen LogP contribution in [-0.4, -0.2) is 58.3 Å². The molecule has 1 heterocycles. The van der Waals surface area contributed by atoms with Crippen LogP contribution in [0.5, 0.6) is 0 Å². The summed E-state index contributed by atoms with van der Waals surface area (Å²) in [6.07, 6.45) is -3.26. The first-order valence-electron chi connectivity index (χ1n) is 11.6. The lowest BCUT2D eigenvalue weighted by Gasteiger charge is -2.22. The molecule has 2 amide bonds. The molecule has 0 aliphatic heterocycles. The van der Waals surface area contributed by atoms with Crippen LogP contribution in [0.3, 0.4) is 0 Å². The van der Waals surface area contributed by atoms with Crippen LogP contribution in [0.2, 0.25) is 0 Å². The Bertz CT molecular complexity index is 1580. The zero-order chi connectivity index (χ0) is 28.5. The number of carbonyl (C=O) groups excluding carboxylic acids is 2. The molecule has 39 heavy (non-hydrogen) atoms. The van der Waals surface area contributed by atoms with Crippen molar-refractivity contribution in [2.24, 2.45) is 0 Å². The van der Waals surface area contributed by atoms with Crippen molar-refractivity contribution in [3.63, 3.8) is 0 Å². The van der Waals surface area contributed by atoms with Crippen LogP contribution in [0.1, 0.15) is 26.3 Å². The lowest BCUT2D eigenvalue weighted by atomic mass is 10.1. The third-order valence-electron chi connectivity index (χ3n) is 6.25. The van der Waals surface area contributed by atoms with E-state index in [-0.39, 0.29) is 41.0 Å². The summed E-state index contributed by atoms with van der Waals surface area (Å²) in [6.45, 7) is 0.0719. The second-order valence-corrected chi connectivity index (χ2v) is 8.85. The first-order valence-corrected chi connectivity index (χ1v) is 11.6. The number of nitro benzene ring substituents is 1. The van der Waals surface area contributed by atoms with Gasteiger partial charge in [0, 0.05) is 56.6 Å². The molecule has 202 valence electrons. The molecule has 0 bridgehead atoms. The lowest BCUT2D eigenvalue weighted by molar-refractivity contribution is -0.384. The molecule has 4 aromatic rings. The molecule has 0 N–H and O–H groups in total. The molecule has 12 heteroatoms. The fourth-order valence-electron chi connectivity index (χ4n) is 4.10. The molecule has 4 rings (SSSR count). The summed E-state index contributed by atoms with van der Waals surface area (Å²) >= 11 is 0. The molecule has 0 saturated carbocycles. The minimum Gasteiger partial charge on any atom is -0.340 e. The van der Waals surface area contributed by atoms with Gasteiger partial charge in [-0.25, -0.2) is 4.39 Å². The maximum atomic E-state index is 14.0. The molecule has 0 radical (unpaired) electrons. The first kappa shape index (κ1) is 27.3. The molecule has 8 nitrogen and oxygen atoms in total. The minimum absolute atomic E-state index is 0.0247. The molecule has 0 unspecified atom stereocenters. The van der Waals surface area contributed by atoms with E-state index in [0.717, 1.165) is 18.2 Å². The minimum atomic E-state index is -4.59. The van der Waals surface area contributed by atoms with Crippen molar-refractivity contribution in [1.82, 2.24) is 14.4 Å². The van der Waals surface area contributed by atoms with Gasteiger partial charge >= 0.3 is 6.18 Å². The standard InChI is InChI=1S/C27H22F4N4O4/c1-32(25(36)20-8-3-4-9-23(20)28)12-13-33(2)26(37)22-16-34(18-7-5-6-17(14-18)27(29,30)31)24-11-10-19(35(38)39)15-21(22)24/h3-11,14-16H,12-13H2,1-2H3. The highest BCUT2D eigenvalue weighted by molar-refractivity contribution is 6.08. The summed E-state index contributed by atoms with van der Waals surface area (Å²) in [7, 11) is 2.91. The SMILES string of the molecule is CN(CCN(C)C(=O)c1cn(-c2cccc(C(F)(F)F)c2)c2ccc([N+](=O)[O-])cc12)C(=O)c1ccccc1F. The number of non-ortho nitro benzene ring substituents is 1. The first-order chi connectivity index (χ1) is 18.4. The number of nitro groups is 1. The normalized spacial score (nSPS) is 11.4. The Hall–Kier alpha value is -4.74. The van der Waals surface area contributed by atoms with Gasteiger partial charge in [-0.15, -0.1) is 0 Å². The average molecular weight is 542 g/mol. The fourth-order valence-corrected chi connectivity index (χ4v) is 4.10. The number of rotatable bonds is 7. The number of carbonyl (C=O) groups is 2. The van der Waals surface area contributed by atoms with Gasteiger partial charge in [0.1, 0.15) is 5.82 Å². The van der Waals surface area contributed by atoms with Crippen LogP contribution in [0.4, 0.5) is 23.2 Å². The number of halogens is 4. The molecule has 0 aliphatic rings. The largest absolute Gasteiger partial charge is 0.416 e. The Labute approximate surface area is 219 Å². The van der Waals surface area contributed by atoms with Gasteiger partial charge in [0.05, 0.1) is 27.1 Å². The van der Waals surface area contributed by atoms with Crippen molar-refractivity contribution in [3.05, 3.63) is 106 Å². The second-order valence-electron chi connectivity index (χ2n) is 8.85. The predicted molar refractivity (Wildman–Crippen MR) is 135 cm³/mol. The molecule has 0 atom stereocenters. The van der Waals surface area contributed by atoms with Crippen molar-refractivity contribution in [2.45, 2.75) is 6.18 Å². The summed E-state index contributed by atoms with van der Waals surface area (Å²) in [4.78, 5) is 39.3. The average Bonchev–Trinajstić information content (AvgIpc) is 3.29. The Morgan fingerprint density at radius 3 is 2.15 bits per heavy atom. The molecule has 0 fully saturated rings. The number of likely N-dealkylation sites (N-methyl/N-ethyl adjacent to an activating group) is 2. The van der Waals surface area contributed by atoms with Gasteiger partial charge in [0.25, 0.3) is 17.5 Å². The highest BCUT2D eigenvalue weighted by atomic mass is 19.4. The van der Waals surface area contributed by atoms with Crippen LogP contribution in [0, 0.1) is 15.9 Å². The number of hydrogen-bond donors (Lipinski definition) is 0. The number of aromatic nitrogens is 1. The van der Waals surface area contributed by atoms with Crippen LogP contribution in [-0.2, 0) is 6.18 Å². The number of nitrogens with zero attached hydrogens (tertiary/aromatic N) is 4. The Morgan fingerprint density at radius 2 is 1.54 bits per heavy atom. The zero-order valence-electron chi connectivity index (χ0n) is 20.8. The Kier molecular flexibility index (Phi) is 7.39. The second kappa shape index (κ2) is 10.6. The van der Waals surface area contributed by atoms with Crippen molar-refractivity contribution in [3.8, 4) is 5.69 Å². The van der Waals surface area contributed by atoms with Gasteiger partial charge in [-0.05, 0) is 36.4 Å². The predicted octanol–water partition coefficient (Wildman–Crippen LogP) is 5.54. The van der Waals surface area contributed by atoms with Gasteiger partial charge in [0.2, 0.25) is 0 Å². The topological polar surface area (TPSA) is 88.7 Å². The molecule has 3 aromatic carbocycles. The third kappa shape index (κ3) is 5.59. The highest BCUT2D eigenvalue weighted by Gasteiger charge is 2.31. The van der Waals surface area contributed by atoms with Crippen molar-refractivity contribution < 1.29 is 32.1 Å². The zero-order valence-corrected chi connectivity index (χ0v) is 20.8. The van der Waals surface area contributed by atoms with Crippen LogP contribution in [0.25, 0.3) is 16.6 Å². The fraction of sp³-hybridized carbons (Fsp3) is 0.185. The van der Waals surface area contributed by atoms with E-state index in [0.29, 0.717) is 5.52 Å². The molecular formula is C27H22F4N4O4. The molecule has 0 spiro atoms. The summed E-state index contributed by atoms with van der Waals surface area (Å²) in [5.41, 5.74) is -0.876.